The van der Waals surface area contributed by atoms with Crippen LogP contribution in [0.5, 0.6) is 5.75 Å². The van der Waals surface area contributed by atoms with Gasteiger partial charge in [0.15, 0.2) is 6.61 Å². The van der Waals surface area contributed by atoms with Crippen LogP contribution in [0.1, 0.15) is 19.3 Å². The third-order valence-corrected chi connectivity index (χ3v) is 7.36. The van der Waals surface area contributed by atoms with Crippen molar-refractivity contribution in [3.05, 3.63) is 42.5 Å². The number of carbonyl (C=O) groups excluding carboxylic acids is 2. The zero-order valence-corrected chi connectivity index (χ0v) is 19.5. The molecule has 0 spiro atoms. The number of piperidine rings is 1. The van der Waals surface area contributed by atoms with Gasteiger partial charge in [-0.05, 0) is 43.2 Å². The smallest absolute Gasteiger partial charge is 0.328 e. The molecule has 0 radical (unpaired) electrons. The minimum atomic E-state index is -3.69. The SMILES string of the molecule is COc1ccc(S(=O)(=O)N2CCCCC2)cc1NC(=O)COC(=O)Cn1nnc2ccccc21. The highest BCUT2D eigenvalue weighted by Gasteiger charge is 2.27. The molecule has 0 unspecified atom stereocenters. The Balaban J connectivity index is 1.39. The molecule has 1 fully saturated rings. The molecule has 0 saturated carbocycles. The van der Waals surface area contributed by atoms with E-state index in [1.165, 1.54) is 34.3 Å². The summed E-state index contributed by atoms with van der Waals surface area (Å²) in [7, 11) is -2.28. The molecule has 1 amide bonds. The van der Waals surface area contributed by atoms with Crippen LogP contribution in [0.2, 0.25) is 0 Å². The number of para-hydroxylation sites is 1. The van der Waals surface area contributed by atoms with Crippen molar-refractivity contribution in [3.63, 3.8) is 0 Å². The molecule has 3 aromatic rings. The van der Waals surface area contributed by atoms with Crippen LogP contribution in [0, 0.1) is 0 Å². The second kappa shape index (κ2) is 10.2. The Kier molecular flexibility index (Phi) is 7.08. The maximum absolute atomic E-state index is 13.0. The van der Waals surface area contributed by atoms with Crippen LogP contribution in [0.15, 0.2) is 47.4 Å². The largest absolute Gasteiger partial charge is 0.495 e. The summed E-state index contributed by atoms with van der Waals surface area (Å²) < 4.78 is 39.1. The normalized spacial score (nSPS) is 14.6. The van der Waals surface area contributed by atoms with Crippen molar-refractivity contribution in [1.82, 2.24) is 19.3 Å². The van der Waals surface area contributed by atoms with Crippen molar-refractivity contribution >= 4 is 38.6 Å². The van der Waals surface area contributed by atoms with E-state index in [1.807, 2.05) is 6.07 Å². The molecule has 1 aliphatic heterocycles. The zero-order valence-electron chi connectivity index (χ0n) is 18.6. The second-order valence-electron chi connectivity index (χ2n) is 7.77. The number of aromatic nitrogens is 3. The highest BCUT2D eigenvalue weighted by Crippen LogP contribution is 2.30. The Labute approximate surface area is 196 Å². The van der Waals surface area contributed by atoms with Gasteiger partial charge in [-0.2, -0.15) is 4.31 Å². The van der Waals surface area contributed by atoms with Crippen LogP contribution < -0.4 is 10.1 Å². The predicted octanol–water partition coefficient (Wildman–Crippen LogP) is 1.80. The third kappa shape index (κ3) is 5.18. The Hall–Kier alpha value is -3.51. The lowest BCUT2D eigenvalue weighted by atomic mass is 10.2. The molecule has 0 aliphatic carbocycles. The number of anilines is 1. The molecule has 11 nitrogen and oxygen atoms in total. The average molecular weight is 488 g/mol. The number of fused-ring (bicyclic) bond motifs is 1. The number of benzene rings is 2. The van der Waals surface area contributed by atoms with E-state index in [4.69, 9.17) is 9.47 Å². The Morgan fingerprint density at radius 1 is 1.09 bits per heavy atom. The summed E-state index contributed by atoms with van der Waals surface area (Å²) in [5, 5.41) is 10.4. The monoisotopic (exact) mass is 487 g/mol. The summed E-state index contributed by atoms with van der Waals surface area (Å²) in [6.45, 7) is 0.165. The molecular formula is C22H25N5O6S. The van der Waals surface area contributed by atoms with Crippen LogP contribution in [-0.2, 0) is 30.9 Å². The maximum Gasteiger partial charge on any atom is 0.328 e. The minimum Gasteiger partial charge on any atom is -0.495 e. The Morgan fingerprint density at radius 2 is 1.85 bits per heavy atom. The van der Waals surface area contributed by atoms with Crippen LogP contribution in [0.3, 0.4) is 0 Å². The molecule has 1 aliphatic rings. The van der Waals surface area contributed by atoms with Gasteiger partial charge in [0.25, 0.3) is 5.91 Å². The first-order valence-corrected chi connectivity index (χ1v) is 12.2. The molecule has 180 valence electrons. The van der Waals surface area contributed by atoms with E-state index >= 15 is 0 Å². The first-order valence-electron chi connectivity index (χ1n) is 10.8. The number of amides is 1. The fourth-order valence-electron chi connectivity index (χ4n) is 3.73. The van der Waals surface area contributed by atoms with Gasteiger partial charge in [-0.25, -0.2) is 13.1 Å². The van der Waals surface area contributed by atoms with Gasteiger partial charge in [0.05, 0.1) is 23.2 Å². The van der Waals surface area contributed by atoms with E-state index in [2.05, 4.69) is 15.6 Å². The predicted molar refractivity (Wildman–Crippen MR) is 123 cm³/mol. The zero-order chi connectivity index (χ0) is 24.1. The summed E-state index contributed by atoms with van der Waals surface area (Å²) in [5.41, 5.74) is 1.48. The van der Waals surface area contributed by atoms with Gasteiger partial charge < -0.3 is 14.8 Å². The summed E-state index contributed by atoms with van der Waals surface area (Å²) in [5.74, 6) is -1.02. The summed E-state index contributed by atoms with van der Waals surface area (Å²) in [6, 6.07) is 11.4. The number of hydrogen-bond donors (Lipinski definition) is 1. The van der Waals surface area contributed by atoms with E-state index in [1.54, 1.807) is 18.2 Å². The summed E-state index contributed by atoms with van der Waals surface area (Å²) in [6.07, 6.45) is 2.63. The molecule has 34 heavy (non-hydrogen) atoms. The third-order valence-electron chi connectivity index (χ3n) is 5.46. The lowest BCUT2D eigenvalue weighted by Gasteiger charge is -2.26. The first-order chi connectivity index (χ1) is 16.4. The van der Waals surface area contributed by atoms with Crippen molar-refractivity contribution in [1.29, 1.82) is 0 Å². The number of methoxy groups -OCH3 is 1. The highest BCUT2D eigenvalue weighted by molar-refractivity contribution is 7.89. The van der Waals surface area contributed by atoms with Gasteiger partial charge in [-0.3, -0.25) is 9.59 Å². The molecule has 1 aromatic heterocycles. The fraction of sp³-hybridized carbons (Fsp3) is 0.364. The molecule has 0 bridgehead atoms. The number of ether oxygens (including phenoxy) is 2. The van der Waals surface area contributed by atoms with Crippen LogP contribution >= 0.6 is 0 Å². The standard InChI is InChI=1S/C22H25N5O6S/c1-32-20-10-9-16(34(30,31)26-11-5-2-6-12-26)13-18(20)23-21(28)15-33-22(29)14-27-19-8-4-3-7-17(19)24-25-27/h3-4,7-10,13H,2,5-6,11-12,14-15H2,1H3,(H,23,28). The number of sulfonamides is 1. The maximum atomic E-state index is 13.0. The molecule has 4 rings (SSSR count). The van der Waals surface area contributed by atoms with E-state index in [0.717, 1.165) is 19.3 Å². The van der Waals surface area contributed by atoms with Crippen molar-refractivity contribution in [3.8, 4) is 5.75 Å². The topological polar surface area (TPSA) is 133 Å². The molecule has 1 saturated heterocycles. The first kappa shape index (κ1) is 23.6. The lowest BCUT2D eigenvalue weighted by molar-refractivity contribution is -0.148. The highest BCUT2D eigenvalue weighted by atomic mass is 32.2. The van der Waals surface area contributed by atoms with E-state index < -0.39 is 28.5 Å². The molecular weight excluding hydrogens is 462 g/mol. The van der Waals surface area contributed by atoms with Crippen molar-refractivity contribution in [2.75, 3.05) is 32.1 Å². The van der Waals surface area contributed by atoms with Gasteiger partial charge in [0.1, 0.15) is 17.8 Å². The summed E-state index contributed by atoms with van der Waals surface area (Å²) in [4.78, 5) is 24.7. The van der Waals surface area contributed by atoms with Crippen molar-refractivity contribution in [2.24, 2.45) is 0 Å². The van der Waals surface area contributed by atoms with Crippen LogP contribution in [0.4, 0.5) is 5.69 Å². The van der Waals surface area contributed by atoms with Gasteiger partial charge in [0.2, 0.25) is 10.0 Å². The van der Waals surface area contributed by atoms with Crippen molar-refractivity contribution < 1.29 is 27.5 Å². The molecule has 0 atom stereocenters. The van der Waals surface area contributed by atoms with Gasteiger partial charge in [0, 0.05) is 13.1 Å². The fourth-order valence-corrected chi connectivity index (χ4v) is 5.28. The van der Waals surface area contributed by atoms with Gasteiger partial charge in [-0.15, -0.1) is 5.10 Å². The van der Waals surface area contributed by atoms with Crippen molar-refractivity contribution in [2.45, 2.75) is 30.7 Å². The average Bonchev–Trinajstić information content (AvgIpc) is 3.26. The van der Waals surface area contributed by atoms with Crippen LogP contribution in [0.25, 0.3) is 11.0 Å². The Morgan fingerprint density at radius 3 is 2.62 bits per heavy atom. The van der Waals surface area contributed by atoms with E-state index in [0.29, 0.717) is 24.1 Å². The van der Waals surface area contributed by atoms with Gasteiger partial charge >= 0.3 is 5.97 Å². The number of nitrogens with one attached hydrogen (secondary N) is 1. The number of esters is 1. The minimum absolute atomic E-state index is 0.0561. The Bertz CT molecular complexity index is 1300. The second-order valence-corrected chi connectivity index (χ2v) is 9.71. The van der Waals surface area contributed by atoms with Crippen LogP contribution in [-0.4, -0.2) is 66.4 Å². The number of rotatable bonds is 8. The quantitative estimate of drug-likeness (QED) is 0.476. The molecule has 2 aromatic carbocycles. The molecule has 1 N–H and O–H groups in total. The van der Waals surface area contributed by atoms with E-state index in [-0.39, 0.29) is 22.9 Å². The lowest BCUT2D eigenvalue weighted by Crippen LogP contribution is -2.35. The number of nitrogens with zero attached hydrogens (tertiary/aromatic N) is 4. The number of carbonyl (C=O) groups is 2. The van der Waals surface area contributed by atoms with Gasteiger partial charge in [-0.1, -0.05) is 23.8 Å². The molecule has 2 heterocycles. The van der Waals surface area contributed by atoms with E-state index in [9.17, 15) is 18.0 Å². The number of hydrogen-bond acceptors (Lipinski definition) is 8. The summed E-state index contributed by atoms with van der Waals surface area (Å²) >= 11 is 0. The molecule has 12 heteroatoms.